The zero-order chi connectivity index (χ0) is 14.2. The molecule has 0 fully saturated rings. The standard InChI is InChI=1S/C18H21NSi/c1-20(2,3)18-13-14(12-15-8-6-7-11-19-15)16-9-4-5-10-17(16)18/h4-11,13-14H,12H2,1-3H3. The first-order valence-corrected chi connectivity index (χ1v) is 10.8. The fraction of sp³-hybridized carbons (Fsp3) is 0.278. The van der Waals surface area contributed by atoms with Crippen LogP contribution in [0.25, 0.3) is 5.20 Å². The highest BCUT2D eigenvalue weighted by atomic mass is 28.3. The van der Waals surface area contributed by atoms with E-state index in [4.69, 9.17) is 0 Å². The molecular formula is C18H21NSi. The number of hydrogen-bond donors (Lipinski definition) is 0. The summed E-state index contributed by atoms with van der Waals surface area (Å²) in [6.45, 7) is 7.29. The van der Waals surface area contributed by atoms with Crippen molar-refractivity contribution in [3.63, 3.8) is 0 Å². The van der Waals surface area contributed by atoms with Crippen LogP contribution in [0.4, 0.5) is 0 Å². The average Bonchev–Trinajstić information content (AvgIpc) is 2.79. The van der Waals surface area contributed by atoms with Gasteiger partial charge in [-0.1, -0.05) is 61.2 Å². The molecule has 3 rings (SSSR count). The second-order valence-electron chi connectivity index (χ2n) is 6.55. The molecule has 20 heavy (non-hydrogen) atoms. The lowest BCUT2D eigenvalue weighted by atomic mass is 9.96. The molecule has 1 aromatic carbocycles. The zero-order valence-corrected chi connectivity index (χ0v) is 13.4. The van der Waals surface area contributed by atoms with Gasteiger partial charge in [0.15, 0.2) is 0 Å². The van der Waals surface area contributed by atoms with Gasteiger partial charge in [0.1, 0.15) is 0 Å². The Morgan fingerprint density at radius 2 is 1.75 bits per heavy atom. The van der Waals surface area contributed by atoms with E-state index >= 15 is 0 Å². The minimum absolute atomic E-state index is 0.489. The van der Waals surface area contributed by atoms with E-state index in [2.05, 4.69) is 67.1 Å². The predicted molar refractivity (Wildman–Crippen MR) is 88.4 cm³/mol. The van der Waals surface area contributed by atoms with Crippen LogP contribution in [0.5, 0.6) is 0 Å². The topological polar surface area (TPSA) is 12.9 Å². The Morgan fingerprint density at radius 3 is 2.45 bits per heavy atom. The monoisotopic (exact) mass is 279 g/mol. The number of hydrogen-bond acceptors (Lipinski definition) is 1. The molecule has 0 saturated carbocycles. The second-order valence-corrected chi connectivity index (χ2v) is 11.6. The quantitative estimate of drug-likeness (QED) is 0.743. The van der Waals surface area contributed by atoms with Gasteiger partial charge in [-0.15, -0.1) is 0 Å². The van der Waals surface area contributed by atoms with Gasteiger partial charge in [-0.3, -0.25) is 4.98 Å². The van der Waals surface area contributed by atoms with Crippen LogP contribution in [-0.4, -0.2) is 13.1 Å². The number of fused-ring (bicyclic) bond motifs is 1. The molecule has 0 spiro atoms. The number of pyridine rings is 1. The molecule has 2 heteroatoms. The first-order chi connectivity index (χ1) is 9.55. The van der Waals surface area contributed by atoms with Crippen LogP contribution in [-0.2, 0) is 6.42 Å². The van der Waals surface area contributed by atoms with Gasteiger partial charge in [0.2, 0.25) is 0 Å². The van der Waals surface area contributed by atoms with Crippen molar-refractivity contribution in [2.75, 3.05) is 0 Å². The summed E-state index contributed by atoms with van der Waals surface area (Å²) < 4.78 is 0. The van der Waals surface area contributed by atoms with Crippen molar-refractivity contribution in [2.45, 2.75) is 32.0 Å². The molecule has 0 saturated heterocycles. The lowest BCUT2D eigenvalue weighted by Gasteiger charge is -2.19. The van der Waals surface area contributed by atoms with E-state index < -0.39 is 8.07 Å². The lowest BCUT2D eigenvalue weighted by Crippen LogP contribution is -2.21. The Morgan fingerprint density at radius 1 is 1.00 bits per heavy atom. The molecule has 102 valence electrons. The van der Waals surface area contributed by atoms with E-state index in [1.54, 1.807) is 5.20 Å². The minimum atomic E-state index is -1.29. The molecule has 1 nitrogen and oxygen atoms in total. The third-order valence-corrected chi connectivity index (χ3v) is 6.03. The van der Waals surface area contributed by atoms with Crippen molar-refractivity contribution in [1.82, 2.24) is 4.98 Å². The van der Waals surface area contributed by atoms with Gasteiger partial charge in [-0.25, -0.2) is 0 Å². The van der Waals surface area contributed by atoms with Gasteiger partial charge in [-0.2, -0.15) is 0 Å². The third-order valence-electron chi connectivity index (χ3n) is 3.98. The summed E-state index contributed by atoms with van der Waals surface area (Å²) in [5.74, 6) is 0.489. The SMILES string of the molecule is C[Si](C)(C)C1=CC(Cc2ccccn2)c2ccccc21. The smallest absolute Gasteiger partial charge is 0.0780 e. The summed E-state index contributed by atoms with van der Waals surface area (Å²) in [6.07, 6.45) is 5.40. The molecule has 1 aliphatic rings. The lowest BCUT2D eigenvalue weighted by molar-refractivity contribution is 0.821. The zero-order valence-electron chi connectivity index (χ0n) is 12.4. The van der Waals surface area contributed by atoms with Crippen LogP contribution in [0.2, 0.25) is 19.6 Å². The number of benzene rings is 1. The summed E-state index contributed by atoms with van der Waals surface area (Å²) >= 11 is 0. The maximum atomic E-state index is 4.48. The van der Waals surface area contributed by atoms with Gasteiger partial charge < -0.3 is 0 Å². The Balaban J connectivity index is 1.98. The Kier molecular flexibility index (Phi) is 3.34. The highest BCUT2D eigenvalue weighted by molar-refractivity contribution is 6.93. The van der Waals surface area contributed by atoms with Crippen LogP contribution < -0.4 is 0 Å². The number of aromatic nitrogens is 1. The number of allylic oxidation sites excluding steroid dienone is 1. The van der Waals surface area contributed by atoms with Gasteiger partial charge >= 0.3 is 0 Å². The summed E-state index contributed by atoms with van der Waals surface area (Å²) in [5.41, 5.74) is 4.14. The van der Waals surface area contributed by atoms with Gasteiger partial charge in [0.05, 0.1) is 8.07 Å². The van der Waals surface area contributed by atoms with E-state index in [0.717, 1.165) is 6.42 Å². The first-order valence-electron chi connectivity index (χ1n) is 7.27. The Bertz CT molecular complexity index is 638. The summed E-state index contributed by atoms with van der Waals surface area (Å²) in [4.78, 5) is 4.48. The average molecular weight is 279 g/mol. The molecule has 2 aromatic rings. The molecule has 1 aromatic heterocycles. The van der Waals surface area contributed by atoms with Crippen LogP contribution in [0.15, 0.2) is 54.7 Å². The van der Waals surface area contributed by atoms with Crippen molar-refractivity contribution >= 4 is 13.3 Å². The molecule has 0 amide bonds. The van der Waals surface area contributed by atoms with Gasteiger partial charge in [-0.05, 0) is 23.3 Å². The maximum Gasteiger partial charge on any atom is 0.0780 e. The normalized spacial score (nSPS) is 17.8. The largest absolute Gasteiger partial charge is 0.261 e. The van der Waals surface area contributed by atoms with E-state index in [-0.39, 0.29) is 0 Å². The Labute approximate surface area is 122 Å². The second kappa shape index (κ2) is 5.02. The molecule has 0 N–H and O–H groups in total. The van der Waals surface area contributed by atoms with Crippen LogP contribution in [0, 0.1) is 0 Å². The van der Waals surface area contributed by atoms with E-state index in [1.165, 1.54) is 16.8 Å². The predicted octanol–water partition coefficient (Wildman–Crippen LogP) is 4.68. The fourth-order valence-electron chi connectivity index (χ4n) is 3.01. The maximum absolute atomic E-state index is 4.48. The number of rotatable bonds is 3. The molecular weight excluding hydrogens is 258 g/mol. The Hall–Kier alpha value is -1.67. The fourth-order valence-corrected chi connectivity index (χ4v) is 4.75. The van der Waals surface area contributed by atoms with Gasteiger partial charge in [0, 0.05) is 24.2 Å². The summed E-state index contributed by atoms with van der Waals surface area (Å²) in [5, 5.41) is 1.61. The summed E-state index contributed by atoms with van der Waals surface area (Å²) in [6, 6.07) is 15.1. The molecule has 1 aliphatic carbocycles. The van der Waals surface area contributed by atoms with E-state index in [9.17, 15) is 0 Å². The number of nitrogens with zero attached hydrogens (tertiary/aromatic N) is 1. The van der Waals surface area contributed by atoms with Crippen molar-refractivity contribution < 1.29 is 0 Å². The summed E-state index contributed by atoms with van der Waals surface area (Å²) in [7, 11) is -1.29. The van der Waals surface area contributed by atoms with Crippen molar-refractivity contribution in [3.8, 4) is 0 Å². The highest BCUT2D eigenvalue weighted by Gasteiger charge is 2.30. The molecule has 1 heterocycles. The molecule has 1 atom stereocenters. The minimum Gasteiger partial charge on any atom is -0.261 e. The van der Waals surface area contributed by atoms with Crippen LogP contribution >= 0.6 is 0 Å². The molecule has 0 radical (unpaired) electrons. The van der Waals surface area contributed by atoms with Crippen molar-refractivity contribution in [3.05, 3.63) is 71.6 Å². The van der Waals surface area contributed by atoms with E-state index in [0.29, 0.717) is 5.92 Å². The van der Waals surface area contributed by atoms with Crippen molar-refractivity contribution in [1.29, 1.82) is 0 Å². The third kappa shape index (κ3) is 2.48. The van der Waals surface area contributed by atoms with E-state index in [1.807, 2.05) is 12.3 Å². The molecule has 0 aliphatic heterocycles. The molecule has 0 bridgehead atoms. The van der Waals surface area contributed by atoms with Crippen LogP contribution in [0.3, 0.4) is 0 Å². The highest BCUT2D eigenvalue weighted by Crippen LogP contribution is 2.41. The van der Waals surface area contributed by atoms with Gasteiger partial charge in [0.25, 0.3) is 0 Å². The first kappa shape index (κ1) is 13.3. The van der Waals surface area contributed by atoms with Crippen LogP contribution in [0.1, 0.15) is 22.7 Å². The van der Waals surface area contributed by atoms with Crippen molar-refractivity contribution in [2.24, 2.45) is 0 Å². The molecule has 1 unspecified atom stereocenters.